The summed E-state index contributed by atoms with van der Waals surface area (Å²) in [6, 6.07) is 8.15. The lowest BCUT2D eigenvalue weighted by atomic mass is 9.73. The topological polar surface area (TPSA) is 75.0 Å². The summed E-state index contributed by atoms with van der Waals surface area (Å²) in [5.41, 5.74) is 8.21. The van der Waals surface area contributed by atoms with Crippen LogP contribution in [-0.2, 0) is 4.79 Å². The van der Waals surface area contributed by atoms with Gasteiger partial charge in [0.25, 0.3) is 0 Å². The third kappa shape index (κ3) is 4.41. The van der Waals surface area contributed by atoms with Crippen LogP contribution < -0.4 is 5.73 Å². The molecule has 1 saturated heterocycles. The second-order valence-electron chi connectivity index (χ2n) is 8.04. The third-order valence-electron chi connectivity index (χ3n) is 6.15. The summed E-state index contributed by atoms with van der Waals surface area (Å²) in [6.45, 7) is 3.68. The van der Waals surface area contributed by atoms with Gasteiger partial charge in [0.05, 0.1) is 17.0 Å². The largest absolute Gasteiger partial charge is 0.342 e. The Kier molecular flexibility index (Phi) is 7.17. The molecule has 27 heavy (non-hydrogen) atoms. The van der Waals surface area contributed by atoms with Crippen molar-refractivity contribution >= 4 is 41.8 Å². The number of fused-ring (bicyclic) bond motifs is 1. The Balaban J connectivity index is 0.00000131. The number of carbonyl (C=O) groups excluding carboxylic acids is 1. The number of hydrogen-bond acceptors (Lipinski definition) is 3. The van der Waals surface area contributed by atoms with Crippen LogP contribution in [0, 0.1) is 5.92 Å². The van der Waals surface area contributed by atoms with Crippen LogP contribution in [0.5, 0.6) is 0 Å². The van der Waals surface area contributed by atoms with Crippen molar-refractivity contribution in [1.29, 1.82) is 0 Å². The molecule has 1 amide bonds. The highest BCUT2D eigenvalue weighted by molar-refractivity contribution is 5.85. The minimum absolute atomic E-state index is 0. The fourth-order valence-corrected chi connectivity index (χ4v) is 4.52. The standard InChI is InChI=1S/C20H28N4O.2ClH/c1-20(21)11-5-4-6-15(20)19(25)24-12-9-14(10-13-24)18-22-16-7-2-3-8-17(16)23-18;;/h2-3,7-8,14-15H,4-6,9-13,21H2,1H3,(H,22,23);2*1H. The number of likely N-dealkylation sites (tertiary alicyclic amines) is 1. The van der Waals surface area contributed by atoms with E-state index in [9.17, 15) is 4.79 Å². The second-order valence-corrected chi connectivity index (χ2v) is 8.04. The van der Waals surface area contributed by atoms with Crippen molar-refractivity contribution in [2.24, 2.45) is 11.7 Å². The molecule has 2 aliphatic rings. The molecule has 1 aliphatic carbocycles. The van der Waals surface area contributed by atoms with Gasteiger partial charge in [-0.15, -0.1) is 24.8 Å². The van der Waals surface area contributed by atoms with Gasteiger partial charge in [0.2, 0.25) is 5.91 Å². The highest BCUT2D eigenvalue weighted by Crippen LogP contribution is 2.35. The quantitative estimate of drug-likeness (QED) is 0.781. The Morgan fingerprint density at radius 1 is 1.19 bits per heavy atom. The van der Waals surface area contributed by atoms with Gasteiger partial charge in [-0.2, -0.15) is 0 Å². The van der Waals surface area contributed by atoms with E-state index in [0.717, 1.165) is 68.5 Å². The molecule has 2 unspecified atom stereocenters. The SMILES string of the molecule is CC1(N)CCCCC1C(=O)N1CCC(c2nc3ccccc3[nH]2)CC1.Cl.Cl. The lowest BCUT2D eigenvalue weighted by Crippen LogP contribution is -2.54. The van der Waals surface area contributed by atoms with Crippen molar-refractivity contribution in [1.82, 2.24) is 14.9 Å². The van der Waals surface area contributed by atoms with Gasteiger partial charge < -0.3 is 15.6 Å². The van der Waals surface area contributed by atoms with E-state index in [4.69, 9.17) is 10.7 Å². The molecule has 0 radical (unpaired) electrons. The highest BCUT2D eigenvalue weighted by atomic mass is 35.5. The molecule has 5 nitrogen and oxygen atoms in total. The summed E-state index contributed by atoms with van der Waals surface area (Å²) < 4.78 is 0. The maximum atomic E-state index is 13.0. The summed E-state index contributed by atoms with van der Waals surface area (Å²) >= 11 is 0. The van der Waals surface area contributed by atoms with Crippen molar-refractivity contribution in [3.05, 3.63) is 30.1 Å². The predicted molar refractivity (Wildman–Crippen MR) is 114 cm³/mol. The summed E-state index contributed by atoms with van der Waals surface area (Å²) in [5.74, 6) is 1.73. The Morgan fingerprint density at radius 2 is 1.89 bits per heavy atom. The maximum absolute atomic E-state index is 13.0. The Morgan fingerprint density at radius 3 is 2.56 bits per heavy atom. The number of halogens is 2. The van der Waals surface area contributed by atoms with Gasteiger partial charge >= 0.3 is 0 Å². The summed E-state index contributed by atoms with van der Waals surface area (Å²) in [7, 11) is 0. The van der Waals surface area contributed by atoms with Gasteiger partial charge in [0, 0.05) is 24.5 Å². The number of rotatable bonds is 2. The van der Waals surface area contributed by atoms with Crippen LogP contribution in [0.1, 0.15) is 57.2 Å². The number of H-pyrrole nitrogens is 1. The van der Waals surface area contributed by atoms with Crippen LogP contribution >= 0.6 is 24.8 Å². The van der Waals surface area contributed by atoms with Gasteiger partial charge in [-0.3, -0.25) is 4.79 Å². The van der Waals surface area contributed by atoms with E-state index in [1.54, 1.807) is 0 Å². The number of hydrogen-bond donors (Lipinski definition) is 2. The minimum Gasteiger partial charge on any atom is -0.342 e. The Bertz CT molecular complexity index is 735. The van der Waals surface area contributed by atoms with Crippen LogP contribution in [-0.4, -0.2) is 39.4 Å². The van der Waals surface area contributed by atoms with Crippen LogP contribution in [0.25, 0.3) is 11.0 Å². The molecule has 7 heteroatoms. The van der Waals surface area contributed by atoms with E-state index in [1.165, 1.54) is 0 Å². The zero-order valence-electron chi connectivity index (χ0n) is 15.8. The van der Waals surface area contributed by atoms with Gasteiger partial charge in [0.1, 0.15) is 5.82 Å². The molecule has 2 aromatic rings. The number of amides is 1. The van der Waals surface area contributed by atoms with Crippen LogP contribution in [0.3, 0.4) is 0 Å². The summed E-state index contributed by atoms with van der Waals surface area (Å²) in [4.78, 5) is 23.2. The number of nitrogens with two attached hydrogens (primary N) is 1. The number of aromatic nitrogens is 2. The second kappa shape index (κ2) is 8.80. The number of nitrogens with one attached hydrogen (secondary N) is 1. The summed E-state index contributed by atoms with van der Waals surface area (Å²) in [5, 5.41) is 0. The van der Waals surface area contributed by atoms with Crippen molar-refractivity contribution < 1.29 is 4.79 Å². The van der Waals surface area contributed by atoms with Crippen LogP contribution in [0.2, 0.25) is 0 Å². The van der Waals surface area contributed by atoms with E-state index in [1.807, 2.05) is 23.1 Å². The number of imidazole rings is 1. The first-order valence-electron chi connectivity index (χ1n) is 9.57. The maximum Gasteiger partial charge on any atom is 0.227 e. The average molecular weight is 413 g/mol. The average Bonchev–Trinajstić information content (AvgIpc) is 3.05. The molecular formula is C20H30Cl2N4O. The number of benzene rings is 1. The third-order valence-corrected chi connectivity index (χ3v) is 6.15. The van der Waals surface area contributed by atoms with E-state index in [0.29, 0.717) is 5.92 Å². The Labute approximate surface area is 173 Å². The molecule has 0 bridgehead atoms. The van der Waals surface area contributed by atoms with Crippen molar-refractivity contribution in [2.75, 3.05) is 13.1 Å². The first kappa shape index (κ1) is 22.0. The number of piperidine rings is 1. The van der Waals surface area contributed by atoms with Crippen molar-refractivity contribution in [3.8, 4) is 0 Å². The number of nitrogens with zero attached hydrogens (tertiary/aromatic N) is 2. The van der Waals surface area contributed by atoms with Crippen LogP contribution in [0.4, 0.5) is 0 Å². The molecule has 2 atom stereocenters. The van der Waals surface area contributed by atoms with Gasteiger partial charge in [-0.1, -0.05) is 25.0 Å². The predicted octanol–water partition coefficient (Wildman–Crippen LogP) is 4.02. The lowest BCUT2D eigenvalue weighted by molar-refractivity contribution is -0.140. The molecule has 1 saturated carbocycles. The molecule has 1 aromatic heterocycles. The molecule has 2 heterocycles. The number of para-hydroxylation sites is 2. The first-order valence-corrected chi connectivity index (χ1v) is 9.57. The lowest BCUT2D eigenvalue weighted by Gasteiger charge is -2.41. The Hall–Kier alpha value is -1.30. The van der Waals surface area contributed by atoms with E-state index >= 15 is 0 Å². The van der Waals surface area contributed by atoms with E-state index in [2.05, 4.69) is 18.0 Å². The minimum atomic E-state index is -0.342. The zero-order valence-corrected chi connectivity index (χ0v) is 17.5. The molecule has 3 N–H and O–H groups in total. The molecule has 150 valence electrons. The summed E-state index contributed by atoms with van der Waals surface area (Å²) in [6.07, 6.45) is 6.11. The fourth-order valence-electron chi connectivity index (χ4n) is 4.52. The fraction of sp³-hybridized carbons (Fsp3) is 0.600. The number of carbonyl (C=O) groups is 1. The highest BCUT2D eigenvalue weighted by Gasteiger charge is 2.40. The van der Waals surface area contributed by atoms with Gasteiger partial charge in [-0.25, -0.2) is 4.98 Å². The first-order chi connectivity index (χ1) is 12.0. The number of aromatic amines is 1. The van der Waals surface area contributed by atoms with Crippen molar-refractivity contribution in [2.45, 2.75) is 56.9 Å². The smallest absolute Gasteiger partial charge is 0.227 e. The normalized spacial score (nSPS) is 26.3. The molecule has 1 aromatic carbocycles. The molecule has 1 aliphatic heterocycles. The van der Waals surface area contributed by atoms with Crippen molar-refractivity contribution in [3.63, 3.8) is 0 Å². The molecular weight excluding hydrogens is 383 g/mol. The molecule has 4 rings (SSSR count). The van der Waals surface area contributed by atoms with Crippen LogP contribution in [0.15, 0.2) is 24.3 Å². The molecule has 0 spiro atoms. The van der Waals surface area contributed by atoms with E-state index in [-0.39, 0.29) is 42.2 Å². The monoisotopic (exact) mass is 412 g/mol. The molecule has 2 fully saturated rings. The van der Waals surface area contributed by atoms with Gasteiger partial charge in [0.15, 0.2) is 0 Å². The zero-order chi connectivity index (χ0) is 17.4. The van der Waals surface area contributed by atoms with Gasteiger partial charge in [-0.05, 0) is 44.7 Å². The van der Waals surface area contributed by atoms with E-state index < -0.39 is 0 Å².